The molecule has 0 aliphatic heterocycles. The van der Waals surface area contributed by atoms with Crippen LogP contribution in [0.2, 0.25) is 0 Å². The summed E-state index contributed by atoms with van der Waals surface area (Å²) >= 11 is 0. The smallest absolute Gasteiger partial charge is 0.348 e. The summed E-state index contributed by atoms with van der Waals surface area (Å²) in [4.78, 5) is 12.1. The molecule has 0 unspecified atom stereocenters. The molecule has 0 saturated carbocycles. The van der Waals surface area contributed by atoms with E-state index in [1.54, 1.807) is 13.0 Å². The first-order chi connectivity index (χ1) is 13.3. The third-order valence-corrected chi connectivity index (χ3v) is 4.21. The minimum absolute atomic E-state index is 0.0446. The van der Waals surface area contributed by atoms with Crippen molar-refractivity contribution < 1.29 is 14.3 Å². The monoisotopic (exact) mass is 377 g/mol. The fraction of sp³-hybridized carbons (Fsp3) is 0.333. The van der Waals surface area contributed by atoms with E-state index in [4.69, 9.17) is 9.47 Å². The van der Waals surface area contributed by atoms with Gasteiger partial charge in [-0.3, -0.25) is 0 Å². The second kappa shape index (κ2) is 9.23. The van der Waals surface area contributed by atoms with Crippen molar-refractivity contribution in [1.29, 1.82) is 5.26 Å². The summed E-state index contributed by atoms with van der Waals surface area (Å²) in [7, 11) is 0. The van der Waals surface area contributed by atoms with E-state index >= 15 is 0 Å². The normalized spacial score (nSPS) is 11.6. The zero-order valence-electron chi connectivity index (χ0n) is 17.2. The van der Waals surface area contributed by atoms with Crippen LogP contribution in [0, 0.1) is 18.3 Å². The molecule has 0 saturated heterocycles. The Morgan fingerprint density at radius 2 is 1.86 bits per heavy atom. The number of esters is 1. The maximum atomic E-state index is 12.1. The highest BCUT2D eigenvalue weighted by atomic mass is 16.5. The van der Waals surface area contributed by atoms with E-state index in [0.717, 1.165) is 16.7 Å². The van der Waals surface area contributed by atoms with Crippen molar-refractivity contribution in [3.05, 3.63) is 70.3 Å². The van der Waals surface area contributed by atoms with Crippen molar-refractivity contribution in [2.45, 2.75) is 46.6 Å². The molecular weight excluding hydrogens is 350 g/mol. The number of nitrogens with zero attached hydrogens (tertiary/aromatic N) is 1. The molecule has 0 aromatic heterocycles. The van der Waals surface area contributed by atoms with Crippen LogP contribution < -0.4 is 4.74 Å². The second-order valence-corrected chi connectivity index (χ2v) is 7.65. The average Bonchev–Trinajstić information content (AvgIpc) is 2.65. The number of benzene rings is 2. The second-order valence-electron chi connectivity index (χ2n) is 7.65. The van der Waals surface area contributed by atoms with Gasteiger partial charge in [0, 0.05) is 11.1 Å². The molecule has 2 rings (SSSR count). The Bertz CT molecular complexity index is 900. The molecule has 2 aromatic rings. The number of carbonyl (C=O) groups is 1. The van der Waals surface area contributed by atoms with Crippen molar-refractivity contribution in [2.75, 3.05) is 6.61 Å². The number of rotatable bonds is 6. The molecule has 0 N–H and O–H groups in total. The van der Waals surface area contributed by atoms with E-state index in [1.165, 1.54) is 0 Å². The Kier molecular flexibility index (Phi) is 7.00. The van der Waals surface area contributed by atoms with E-state index in [1.807, 2.05) is 49.4 Å². The van der Waals surface area contributed by atoms with Gasteiger partial charge < -0.3 is 9.47 Å². The highest BCUT2D eigenvalue weighted by Crippen LogP contribution is 2.37. The molecule has 146 valence electrons. The van der Waals surface area contributed by atoms with Crippen LogP contribution in [0.1, 0.15) is 49.9 Å². The summed E-state index contributed by atoms with van der Waals surface area (Å²) in [5.74, 6) is 0.0526. The first kappa shape index (κ1) is 21.2. The van der Waals surface area contributed by atoms with Crippen molar-refractivity contribution >= 4 is 12.0 Å². The van der Waals surface area contributed by atoms with Gasteiger partial charge >= 0.3 is 5.97 Å². The van der Waals surface area contributed by atoms with Crippen LogP contribution in [0.4, 0.5) is 0 Å². The van der Waals surface area contributed by atoms with Gasteiger partial charge in [0.25, 0.3) is 0 Å². The van der Waals surface area contributed by atoms with Gasteiger partial charge in [-0.05, 0) is 42.5 Å². The van der Waals surface area contributed by atoms with Crippen LogP contribution in [0.25, 0.3) is 6.08 Å². The minimum Gasteiger partial charge on any atom is -0.488 e. The van der Waals surface area contributed by atoms with E-state index in [9.17, 15) is 10.1 Å². The summed E-state index contributed by atoms with van der Waals surface area (Å²) in [5.41, 5.74) is 3.59. The number of hydrogen-bond acceptors (Lipinski definition) is 4. The highest BCUT2D eigenvalue weighted by molar-refractivity contribution is 5.98. The van der Waals surface area contributed by atoms with Gasteiger partial charge in [-0.25, -0.2) is 4.79 Å². The molecule has 0 atom stereocenters. The minimum atomic E-state index is -0.627. The number of carbonyl (C=O) groups excluding carboxylic acids is 1. The number of ether oxygens (including phenoxy) is 2. The Morgan fingerprint density at radius 3 is 2.43 bits per heavy atom. The van der Waals surface area contributed by atoms with Gasteiger partial charge in [-0.15, -0.1) is 0 Å². The molecule has 0 fully saturated rings. The highest BCUT2D eigenvalue weighted by Gasteiger charge is 2.23. The van der Waals surface area contributed by atoms with E-state index in [2.05, 4.69) is 26.8 Å². The Balaban J connectivity index is 2.55. The first-order valence-corrected chi connectivity index (χ1v) is 9.37. The molecule has 0 heterocycles. The van der Waals surface area contributed by atoms with Crippen molar-refractivity contribution in [1.82, 2.24) is 0 Å². The molecular formula is C24H27NO3. The summed E-state index contributed by atoms with van der Waals surface area (Å²) in [6.07, 6.45) is 1.56. The molecule has 0 spiro atoms. The molecule has 4 nitrogen and oxygen atoms in total. The summed E-state index contributed by atoms with van der Waals surface area (Å²) in [6.45, 7) is 10.7. The van der Waals surface area contributed by atoms with Crippen molar-refractivity contribution in [3.63, 3.8) is 0 Å². The molecule has 0 amide bonds. The first-order valence-electron chi connectivity index (χ1n) is 9.37. The predicted octanol–water partition coefficient (Wildman–Crippen LogP) is 5.34. The zero-order chi connectivity index (χ0) is 20.7. The Morgan fingerprint density at radius 1 is 1.18 bits per heavy atom. The van der Waals surface area contributed by atoms with Crippen LogP contribution in [0.15, 0.2) is 48.0 Å². The predicted molar refractivity (Wildman–Crippen MR) is 111 cm³/mol. The quantitative estimate of drug-likeness (QED) is 0.387. The summed E-state index contributed by atoms with van der Waals surface area (Å²) in [6, 6.07) is 15.9. The van der Waals surface area contributed by atoms with E-state index in [0.29, 0.717) is 17.9 Å². The zero-order valence-corrected chi connectivity index (χ0v) is 17.2. The molecule has 0 bridgehead atoms. The van der Waals surface area contributed by atoms with Crippen LogP contribution in [-0.2, 0) is 21.6 Å². The lowest BCUT2D eigenvalue weighted by Crippen LogP contribution is -2.15. The van der Waals surface area contributed by atoms with Crippen LogP contribution in [-0.4, -0.2) is 12.6 Å². The van der Waals surface area contributed by atoms with Crippen molar-refractivity contribution in [2.24, 2.45) is 0 Å². The molecule has 0 radical (unpaired) electrons. The van der Waals surface area contributed by atoms with Crippen LogP contribution in [0.3, 0.4) is 0 Å². The molecule has 2 aromatic carbocycles. The fourth-order valence-electron chi connectivity index (χ4n) is 2.86. The molecule has 28 heavy (non-hydrogen) atoms. The summed E-state index contributed by atoms with van der Waals surface area (Å²) < 4.78 is 11.2. The number of hydrogen-bond donors (Lipinski definition) is 0. The standard InChI is InChI=1S/C24H27NO3/c1-6-27-23(26)20(15-25)14-19-12-17(2)13-21(24(3,4)5)22(19)28-16-18-10-8-7-9-11-18/h7-14H,6,16H2,1-5H3/b20-14+. The van der Waals surface area contributed by atoms with Crippen LogP contribution >= 0.6 is 0 Å². The average molecular weight is 377 g/mol. The van der Waals surface area contributed by atoms with Gasteiger partial charge in [0.1, 0.15) is 24.0 Å². The van der Waals surface area contributed by atoms with Gasteiger partial charge in [-0.1, -0.05) is 57.2 Å². The van der Waals surface area contributed by atoms with Gasteiger partial charge in [0.2, 0.25) is 0 Å². The Hall–Kier alpha value is -3.06. The number of aryl methyl sites for hydroxylation is 1. The molecule has 0 aliphatic carbocycles. The topological polar surface area (TPSA) is 59.3 Å². The van der Waals surface area contributed by atoms with Crippen LogP contribution in [0.5, 0.6) is 5.75 Å². The third kappa shape index (κ3) is 5.47. The van der Waals surface area contributed by atoms with E-state index in [-0.39, 0.29) is 17.6 Å². The van der Waals surface area contributed by atoms with Gasteiger partial charge in [-0.2, -0.15) is 5.26 Å². The lowest BCUT2D eigenvalue weighted by molar-refractivity contribution is -0.137. The SMILES string of the molecule is CCOC(=O)/C(C#N)=C/c1cc(C)cc(C(C)(C)C)c1OCc1ccccc1. The maximum absolute atomic E-state index is 12.1. The number of nitriles is 1. The van der Waals surface area contributed by atoms with E-state index < -0.39 is 5.97 Å². The maximum Gasteiger partial charge on any atom is 0.348 e. The van der Waals surface area contributed by atoms with Gasteiger partial charge in [0.15, 0.2) is 0 Å². The third-order valence-electron chi connectivity index (χ3n) is 4.21. The molecule has 0 aliphatic rings. The molecule has 4 heteroatoms. The lowest BCUT2D eigenvalue weighted by atomic mass is 9.84. The summed E-state index contributed by atoms with van der Waals surface area (Å²) in [5, 5.41) is 9.42. The largest absolute Gasteiger partial charge is 0.488 e. The van der Waals surface area contributed by atoms with Crippen molar-refractivity contribution in [3.8, 4) is 11.8 Å². The van der Waals surface area contributed by atoms with Gasteiger partial charge in [0.05, 0.1) is 6.61 Å². The fourth-order valence-corrected chi connectivity index (χ4v) is 2.86. The Labute approximate surface area is 167 Å². The lowest BCUT2D eigenvalue weighted by Gasteiger charge is -2.25.